The van der Waals surface area contributed by atoms with Crippen LogP contribution < -0.4 is 4.72 Å². The number of nitrogens with zero attached hydrogens (tertiary/aromatic N) is 2. The van der Waals surface area contributed by atoms with Crippen LogP contribution in [0.1, 0.15) is 29.0 Å². The lowest BCUT2D eigenvalue weighted by molar-refractivity contribution is -0.258. The molecule has 6 nitrogen and oxygen atoms in total. The van der Waals surface area contributed by atoms with Crippen LogP contribution in [-0.2, 0) is 15.8 Å². The molecule has 0 unspecified atom stereocenters. The third-order valence-corrected chi connectivity index (χ3v) is 9.05. The van der Waals surface area contributed by atoms with E-state index in [1.54, 1.807) is 36.4 Å². The van der Waals surface area contributed by atoms with Gasteiger partial charge in [0.25, 0.3) is 10.2 Å². The van der Waals surface area contributed by atoms with Gasteiger partial charge in [0.1, 0.15) is 0 Å². The molecule has 2 N–H and O–H groups in total. The fourth-order valence-corrected chi connectivity index (χ4v) is 6.04. The molecule has 4 aromatic rings. The number of hydrogen-bond acceptors (Lipinski definition) is 5. The monoisotopic (exact) mass is 569 g/mol. The molecule has 0 aliphatic carbocycles. The van der Waals surface area contributed by atoms with Crippen molar-refractivity contribution >= 4 is 43.2 Å². The summed E-state index contributed by atoms with van der Waals surface area (Å²) in [6.45, 7) is 0.695. The van der Waals surface area contributed by atoms with Gasteiger partial charge < -0.3 is 5.11 Å². The van der Waals surface area contributed by atoms with Gasteiger partial charge in [-0.1, -0.05) is 48.0 Å². The first kappa shape index (κ1) is 27.5. The Balaban J connectivity index is 1.87. The predicted molar refractivity (Wildman–Crippen MR) is 140 cm³/mol. The highest BCUT2D eigenvalue weighted by Gasteiger charge is 2.51. The number of pyridine rings is 1. The van der Waals surface area contributed by atoms with Crippen molar-refractivity contribution in [2.45, 2.75) is 24.7 Å². The quantitative estimate of drug-likeness (QED) is 0.291. The molecule has 2 aromatic carbocycles. The van der Waals surface area contributed by atoms with Crippen molar-refractivity contribution in [3.05, 3.63) is 87.9 Å². The Labute approximate surface area is 221 Å². The summed E-state index contributed by atoms with van der Waals surface area (Å²) in [5.74, 6) is 0. The second-order valence-corrected chi connectivity index (χ2v) is 12.1. The maximum atomic E-state index is 13.4. The van der Waals surface area contributed by atoms with Crippen molar-refractivity contribution in [2.24, 2.45) is 0 Å². The third kappa shape index (κ3) is 5.38. The Bertz CT molecular complexity index is 1550. The van der Waals surface area contributed by atoms with Crippen LogP contribution in [-0.4, -0.2) is 43.1 Å². The van der Waals surface area contributed by atoms with E-state index >= 15 is 0 Å². The molecule has 0 spiro atoms. The maximum absolute atomic E-state index is 13.4. The van der Waals surface area contributed by atoms with Gasteiger partial charge in [0.05, 0.1) is 11.7 Å². The zero-order chi connectivity index (χ0) is 27.2. The fourth-order valence-electron chi connectivity index (χ4n) is 3.71. The number of aliphatic hydroxyl groups is 1. The summed E-state index contributed by atoms with van der Waals surface area (Å²) in [6.07, 6.45) is -3.66. The normalized spacial score (nSPS) is 15.2. The molecule has 4 rings (SSSR count). The molecule has 37 heavy (non-hydrogen) atoms. The first-order valence-corrected chi connectivity index (χ1v) is 13.6. The minimum atomic E-state index is -4.88. The van der Waals surface area contributed by atoms with Crippen molar-refractivity contribution in [3.63, 3.8) is 0 Å². The molecular weight excluding hydrogens is 547 g/mol. The largest absolute Gasteiger partial charge is 0.421 e. The number of alkyl halides is 3. The van der Waals surface area contributed by atoms with Gasteiger partial charge in [0, 0.05) is 40.5 Å². The molecule has 0 saturated carbocycles. The number of fused-ring (bicyclic) bond motifs is 1. The number of rotatable bonds is 7. The molecule has 0 amide bonds. The Hall–Kier alpha value is -2.54. The Kier molecular flexibility index (Phi) is 7.41. The van der Waals surface area contributed by atoms with Crippen molar-refractivity contribution in [1.82, 2.24) is 14.0 Å². The molecule has 0 aliphatic rings. The fraction of sp³-hybridized carbons (Fsp3) is 0.240. The average Bonchev–Trinajstić information content (AvgIpc) is 3.26. The lowest BCUT2D eigenvalue weighted by atomic mass is 9.94. The zero-order valence-electron chi connectivity index (χ0n) is 19.9. The smallest absolute Gasteiger partial charge is 0.376 e. The van der Waals surface area contributed by atoms with E-state index in [4.69, 9.17) is 11.6 Å². The van der Waals surface area contributed by atoms with Crippen LogP contribution >= 0.6 is 22.9 Å². The van der Waals surface area contributed by atoms with Crippen molar-refractivity contribution < 1.29 is 26.7 Å². The van der Waals surface area contributed by atoms with E-state index < -0.39 is 28.0 Å². The zero-order valence-corrected chi connectivity index (χ0v) is 22.3. The van der Waals surface area contributed by atoms with Gasteiger partial charge >= 0.3 is 6.18 Å². The van der Waals surface area contributed by atoms with Crippen LogP contribution in [0.2, 0.25) is 5.02 Å². The Morgan fingerprint density at radius 1 is 1.08 bits per heavy atom. The topological polar surface area (TPSA) is 82.5 Å². The summed E-state index contributed by atoms with van der Waals surface area (Å²) in [5.41, 5.74) is -2.07. The molecule has 0 aliphatic heterocycles. The van der Waals surface area contributed by atoms with E-state index in [1.807, 2.05) is 12.1 Å². The van der Waals surface area contributed by atoms with E-state index in [0.717, 1.165) is 15.8 Å². The van der Waals surface area contributed by atoms with Gasteiger partial charge in [0.15, 0.2) is 5.60 Å². The van der Waals surface area contributed by atoms with Crippen LogP contribution in [0.15, 0.2) is 66.9 Å². The van der Waals surface area contributed by atoms with Crippen molar-refractivity contribution in [3.8, 4) is 11.3 Å². The number of hydrogen-bond donors (Lipinski definition) is 2. The van der Waals surface area contributed by atoms with Gasteiger partial charge in [0.2, 0.25) is 0 Å². The van der Waals surface area contributed by atoms with E-state index in [9.17, 15) is 26.7 Å². The molecule has 2 heterocycles. The maximum Gasteiger partial charge on any atom is 0.421 e. The highest BCUT2D eigenvalue weighted by Crippen LogP contribution is 2.42. The van der Waals surface area contributed by atoms with Gasteiger partial charge in [-0.3, -0.25) is 4.98 Å². The van der Waals surface area contributed by atoms with Gasteiger partial charge in [-0.25, -0.2) is 0 Å². The van der Waals surface area contributed by atoms with Crippen LogP contribution in [0.5, 0.6) is 0 Å². The van der Waals surface area contributed by atoms with Crippen molar-refractivity contribution in [2.75, 3.05) is 14.1 Å². The van der Waals surface area contributed by atoms with E-state index in [0.29, 0.717) is 32.7 Å². The van der Waals surface area contributed by atoms with Gasteiger partial charge in [-0.2, -0.15) is 30.6 Å². The summed E-state index contributed by atoms with van der Waals surface area (Å²) in [6, 6.07) is 15.5. The molecule has 12 heteroatoms. The van der Waals surface area contributed by atoms with Crippen LogP contribution in [0.25, 0.3) is 21.3 Å². The SMILES string of the molecule is CN(C)S(=O)(=O)N[C@@H](c1cc2cccc(-c3cc([C@@](C)(O)C(F)(F)F)ccn3)c2s1)c1ccccc1Cl. The molecular formula is C25H23ClF3N3O3S2. The predicted octanol–water partition coefficient (Wildman–Crippen LogP) is 5.87. The van der Waals surface area contributed by atoms with Crippen LogP contribution in [0.3, 0.4) is 0 Å². The Morgan fingerprint density at radius 2 is 1.78 bits per heavy atom. The van der Waals surface area contributed by atoms with Crippen LogP contribution in [0.4, 0.5) is 13.2 Å². The highest BCUT2D eigenvalue weighted by molar-refractivity contribution is 7.87. The van der Waals surface area contributed by atoms with Crippen LogP contribution in [0, 0.1) is 0 Å². The minimum Gasteiger partial charge on any atom is -0.376 e. The average molecular weight is 570 g/mol. The Morgan fingerprint density at radius 3 is 2.43 bits per heavy atom. The third-order valence-electron chi connectivity index (χ3n) is 5.96. The minimum absolute atomic E-state index is 0.240. The summed E-state index contributed by atoms with van der Waals surface area (Å²) in [5, 5.41) is 11.3. The number of thiophene rings is 1. The van der Waals surface area contributed by atoms with Gasteiger partial charge in [-0.05, 0) is 47.7 Å². The van der Waals surface area contributed by atoms with E-state index in [-0.39, 0.29) is 11.3 Å². The first-order valence-electron chi connectivity index (χ1n) is 10.9. The van der Waals surface area contributed by atoms with Crippen molar-refractivity contribution in [1.29, 1.82) is 0 Å². The summed E-state index contributed by atoms with van der Waals surface area (Å²) >= 11 is 7.70. The lowest BCUT2D eigenvalue weighted by Crippen LogP contribution is -2.39. The number of halogens is 4. The number of nitrogens with one attached hydrogen (secondary N) is 1. The molecule has 2 atom stereocenters. The second-order valence-electron chi connectivity index (χ2n) is 8.73. The molecule has 2 aromatic heterocycles. The molecule has 0 radical (unpaired) electrons. The summed E-state index contributed by atoms with van der Waals surface area (Å²) in [4.78, 5) is 4.88. The molecule has 0 bridgehead atoms. The van der Waals surface area contributed by atoms with E-state index in [2.05, 4.69) is 9.71 Å². The second kappa shape index (κ2) is 9.97. The van der Waals surface area contributed by atoms with Gasteiger partial charge in [-0.15, -0.1) is 11.3 Å². The molecule has 196 valence electrons. The molecule has 0 saturated heterocycles. The number of aromatic nitrogens is 1. The highest BCUT2D eigenvalue weighted by atomic mass is 35.5. The standard InChI is InChI=1S/C25H23ClF3N3O3S2/c1-24(33,25(27,28)29)16-11-12-30-20(14-16)18-9-6-7-15-13-21(36-23(15)18)22(31-37(34,35)32(2)3)17-8-4-5-10-19(17)26/h4-14,22,31,33H,1-3H3/t22-,24-/m1/s1. The lowest BCUT2D eigenvalue weighted by Gasteiger charge is -2.26. The van der Waals surface area contributed by atoms with E-state index in [1.165, 1.54) is 37.7 Å². The number of benzene rings is 2. The summed E-state index contributed by atoms with van der Waals surface area (Å²) in [7, 11) is -1.05. The molecule has 0 fully saturated rings. The summed E-state index contributed by atoms with van der Waals surface area (Å²) < 4.78 is 70.3. The first-order chi connectivity index (χ1) is 17.2.